The van der Waals surface area contributed by atoms with Crippen molar-refractivity contribution in [2.75, 3.05) is 58.9 Å². The molecule has 3 heterocycles. The highest BCUT2D eigenvalue weighted by Gasteiger charge is 2.30. The molecule has 0 spiro atoms. The van der Waals surface area contributed by atoms with Gasteiger partial charge < -0.3 is 30.2 Å². The summed E-state index contributed by atoms with van der Waals surface area (Å²) < 4.78 is 0. The minimum absolute atomic E-state index is 0.111. The number of likely N-dealkylation sites (tertiary alicyclic amines) is 2. The molecular weight excluding hydrogens is 947 g/mol. The number of thiazole rings is 1. The van der Waals surface area contributed by atoms with Gasteiger partial charge in [0.15, 0.2) is 0 Å². The number of carbonyl (C=O) groups is 4. The van der Waals surface area contributed by atoms with E-state index in [-0.39, 0.29) is 23.6 Å². The first kappa shape index (κ1) is 54.9. The lowest BCUT2D eigenvalue weighted by molar-refractivity contribution is -0.137. The van der Waals surface area contributed by atoms with Crippen LogP contribution in [0.5, 0.6) is 0 Å². The van der Waals surface area contributed by atoms with Gasteiger partial charge in [0.25, 0.3) is 0 Å². The van der Waals surface area contributed by atoms with Gasteiger partial charge in [-0.15, -0.1) is 11.3 Å². The van der Waals surface area contributed by atoms with Gasteiger partial charge in [-0.25, -0.2) is 4.98 Å². The fourth-order valence-electron chi connectivity index (χ4n) is 9.68. The molecule has 2 aliphatic heterocycles. The number of hydrogen-bond acceptors (Lipinski definition) is 9. The van der Waals surface area contributed by atoms with Crippen molar-refractivity contribution >= 4 is 51.6 Å². The number of nitrogens with one attached hydrogen (secondary N) is 2. The van der Waals surface area contributed by atoms with Crippen molar-refractivity contribution in [2.24, 2.45) is 0 Å². The van der Waals surface area contributed by atoms with Crippen molar-refractivity contribution in [1.29, 1.82) is 0 Å². The number of carbonyl (C=O) groups excluding carboxylic acids is 4. The summed E-state index contributed by atoms with van der Waals surface area (Å²) in [6, 6.07) is 34.6. The van der Waals surface area contributed by atoms with E-state index >= 15 is 0 Å². The molecule has 0 radical (unpaired) electrons. The molecule has 0 aliphatic carbocycles. The number of allylic oxidation sites excluding steroid dienone is 1. The van der Waals surface area contributed by atoms with E-state index in [0.29, 0.717) is 52.1 Å². The number of rotatable bonds is 25. The molecule has 4 amide bonds. The van der Waals surface area contributed by atoms with Crippen LogP contribution in [0.15, 0.2) is 133 Å². The van der Waals surface area contributed by atoms with Crippen LogP contribution in [0.3, 0.4) is 0 Å². The predicted octanol–water partition coefficient (Wildman–Crippen LogP) is 11.5. The van der Waals surface area contributed by atoms with Gasteiger partial charge in [-0.1, -0.05) is 160 Å². The van der Waals surface area contributed by atoms with E-state index in [1.165, 1.54) is 38.5 Å². The normalized spacial score (nSPS) is 15.2. The van der Waals surface area contributed by atoms with Gasteiger partial charge in [-0.05, 0) is 105 Å². The number of hydrogen-bond donors (Lipinski definition) is 2. The maximum atomic E-state index is 14.3. The van der Waals surface area contributed by atoms with Crippen LogP contribution in [0.2, 0.25) is 0 Å². The Morgan fingerprint density at radius 2 is 1.12 bits per heavy atom. The maximum absolute atomic E-state index is 14.3. The number of amides is 4. The summed E-state index contributed by atoms with van der Waals surface area (Å²) in [5.41, 5.74) is 5.83. The topological polar surface area (TPSA) is 118 Å². The first-order chi connectivity index (χ1) is 35.6. The van der Waals surface area contributed by atoms with Gasteiger partial charge in [0, 0.05) is 55.0 Å². The lowest BCUT2D eigenvalue weighted by Crippen LogP contribution is -2.44. The van der Waals surface area contributed by atoms with E-state index in [1.807, 2.05) is 83.6 Å². The lowest BCUT2D eigenvalue weighted by atomic mass is 10.0. The minimum atomic E-state index is -0.777. The van der Waals surface area contributed by atoms with Gasteiger partial charge in [0.2, 0.25) is 23.6 Å². The molecule has 2 fully saturated rings. The molecule has 1 aromatic heterocycles. The molecule has 386 valence electrons. The first-order valence-electron chi connectivity index (χ1n) is 26.5. The zero-order chi connectivity index (χ0) is 51.4. The minimum Gasteiger partial charge on any atom is -0.340 e. The quantitative estimate of drug-likeness (QED) is 0.0593. The summed E-state index contributed by atoms with van der Waals surface area (Å²) in [6.07, 6.45) is 13.4. The molecular formula is C60H75N7O4S2. The Balaban J connectivity index is 0.948. The Labute approximate surface area is 442 Å². The van der Waals surface area contributed by atoms with Crippen LogP contribution in [0.1, 0.15) is 119 Å². The van der Waals surface area contributed by atoms with Crippen LogP contribution in [-0.4, -0.2) is 107 Å². The summed E-state index contributed by atoms with van der Waals surface area (Å²) in [6.45, 7) is 17.9. The van der Waals surface area contributed by atoms with Gasteiger partial charge in [-0.3, -0.25) is 19.2 Å². The summed E-state index contributed by atoms with van der Waals surface area (Å²) in [5.74, 6) is -0.484. The van der Waals surface area contributed by atoms with Crippen LogP contribution < -0.4 is 10.6 Å². The average molecular weight is 1020 g/mol. The molecule has 2 aliphatic rings. The van der Waals surface area contributed by atoms with Gasteiger partial charge in [0.1, 0.15) is 17.1 Å². The van der Waals surface area contributed by atoms with E-state index in [0.717, 1.165) is 92.1 Å². The Bertz CT molecular complexity index is 2570. The summed E-state index contributed by atoms with van der Waals surface area (Å²) >= 11 is 3.15. The van der Waals surface area contributed by atoms with Gasteiger partial charge >= 0.3 is 0 Å². The molecule has 2 atom stereocenters. The van der Waals surface area contributed by atoms with E-state index in [1.54, 1.807) is 23.1 Å². The predicted molar refractivity (Wildman–Crippen MR) is 300 cm³/mol. The van der Waals surface area contributed by atoms with Crippen LogP contribution >= 0.6 is 23.1 Å². The second-order valence-electron chi connectivity index (χ2n) is 19.2. The highest BCUT2D eigenvalue weighted by atomic mass is 32.2. The summed E-state index contributed by atoms with van der Waals surface area (Å²) in [7, 11) is 0. The first-order valence-corrected chi connectivity index (χ1v) is 28.1. The van der Waals surface area contributed by atoms with Crippen LogP contribution in [0.25, 0.3) is 26.5 Å². The van der Waals surface area contributed by atoms with Crippen molar-refractivity contribution in [3.05, 3.63) is 155 Å². The van der Waals surface area contributed by atoms with Crippen molar-refractivity contribution in [1.82, 2.24) is 35.2 Å². The lowest BCUT2D eigenvalue weighted by Gasteiger charge is -2.29. The second kappa shape index (κ2) is 28.6. The third-order valence-electron chi connectivity index (χ3n) is 13.6. The molecule has 2 saturated heterocycles. The average Bonchev–Trinajstić information content (AvgIpc) is 3.91. The Morgan fingerprint density at radius 3 is 1.62 bits per heavy atom. The zero-order valence-corrected chi connectivity index (χ0v) is 44.9. The van der Waals surface area contributed by atoms with Crippen molar-refractivity contribution in [2.45, 2.75) is 104 Å². The Hall–Kier alpha value is -5.86. The molecule has 2 unspecified atom stereocenters. The Morgan fingerprint density at radius 1 is 0.658 bits per heavy atom. The highest BCUT2D eigenvalue weighted by Crippen LogP contribution is 2.36. The molecule has 7 rings (SSSR count). The third kappa shape index (κ3) is 16.3. The number of benzene rings is 4. The van der Waals surface area contributed by atoms with Crippen LogP contribution in [0.4, 0.5) is 0 Å². The molecule has 4 aromatic carbocycles. The number of aromatic nitrogens is 1. The standard InChI is InChI=1S/C60H75N7O4S2/c1-5-34-66(59(70)57(50-20-12-8-13-21-50)62-54(68)32-40-64-36-16-10-17-37-64)43-45(4)72-52(7-3)48-28-24-46(25-29-48)47-26-30-49(31-27-47)53-42-61-56(73-53)44-67(35-6-2)60(71)58(51-22-14-9-15-23-51)63-55(69)33-41-65-38-18-11-19-39-65/h7-9,12-15,20-31,42,57-58H,4-6,10-11,16-19,32-41,43-44H2,1-3H3,(H,62,68)(H,63,69). The van der Waals surface area contributed by atoms with Crippen LogP contribution in [-0.2, 0) is 25.7 Å². The van der Waals surface area contributed by atoms with Crippen LogP contribution in [0, 0.1) is 0 Å². The molecule has 2 N–H and O–H groups in total. The molecule has 0 saturated carbocycles. The maximum Gasteiger partial charge on any atom is 0.250 e. The SMILES string of the molecule is C=C(CN(CCC)C(=O)C(NC(=O)CCN1CCCCC1)c1ccccc1)SC(=CC)c1ccc(-c2ccc(-c3cnc(CN(CCC)C(=O)C(NC(=O)CCN4CCCCC4)c4ccccc4)s3)cc2)cc1. The Kier molecular flexibility index (Phi) is 21.5. The molecule has 13 heteroatoms. The zero-order valence-electron chi connectivity index (χ0n) is 43.2. The van der Waals surface area contributed by atoms with E-state index in [4.69, 9.17) is 4.98 Å². The largest absolute Gasteiger partial charge is 0.340 e. The van der Waals surface area contributed by atoms with Gasteiger partial charge in [-0.2, -0.15) is 0 Å². The number of piperidine rings is 2. The van der Waals surface area contributed by atoms with Crippen molar-refractivity contribution in [3.8, 4) is 21.6 Å². The molecule has 11 nitrogen and oxygen atoms in total. The fraction of sp³-hybridized carbons (Fsp3) is 0.417. The summed E-state index contributed by atoms with van der Waals surface area (Å²) in [4.78, 5) is 71.3. The highest BCUT2D eigenvalue weighted by molar-refractivity contribution is 8.11. The molecule has 5 aromatic rings. The van der Waals surface area contributed by atoms with E-state index in [9.17, 15) is 19.2 Å². The van der Waals surface area contributed by atoms with Crippen molar-refractivity contribution < 1.29 is 19.2 Å². The summed E-state index contributed by atoms with van der Waals surface area (Å²) in [5, 5.41) is 7.03. The smallest absolute Gasteiger partial charge is 0.250 e. The van der Waals surface area contributed by atoms with E-state index in [2.05, 4.69) is 95.5 Å². The molecule has 0 bridgehead atoms. The van der Waals surface area contributed by atoms with Crippen molar-refractivity contribution in [3.63, 3.8) is 0 Å². The monoisotopic (exact) mass is 1020 g/mol. The van der Waals surface area contributed by atoms with Gasteiger partial charge in [0.05, 0.1) is 18.0 Å². The number of thioether (sulfide) groups is 1. The number of nitrogens with zero attached hydrogens (tertiary/aromatic N) is 5. The fourth-order valence-corrected chi connectivity index (χ4v) is 11.5. The second-order valence-corrected chi connectivity index (χ2v) is 21.5. The van der Waals surface area contributed by atoms with E-state index < -0.39 is 12.1 Å². The molecule has 73 heavy (non-hydrogen) atoms. The third-order valence-corrected chi connectivity index (χ3v) is 15.8.